The number of ether oxygens (including phenoxy) is 1. The third kappa shape index (κ3) is 7.76. The maximum Gasteiger partial charge on any atom is 0.293 e. The smallest absolute Gasteiger partial charge is 0.293 e. The summed E-state index contributed by atoms with van der Waals surface area (Å²) in [5.74, 6) is 5.17. The number of aromatic nitrogens is 2. The van der Waals surface area contributed by atoms with Gasteiger partial charge in [0, 0.05) is 49.6 Å². The lowest BCUT2D eigenvalue weighted by atomic mass is 9.94. The van der Waals surface area contributed by atoms with Crippen LogP contribution in [0.15, 0.2) is 59.7 Å². The molecular weight excluding hydrogens is 484 g/mol. The Bertz CT molecular complexity index is 1320. The largest absolute Gasteiger partial charge is 0.502 e. The quantitative estimate of drug-likeness (QED) is 0.318. The van der Waals surface area contributed by atoms with Gasteiger partial charge in [-0.25, -0.2) is 4.98 Å². The standard InChI is InChI=1S/C29H32N4O5/c34-14-11-26(35)30-18-25(27-28(36)29(37)32-20-31-27)17-23-7-3-21(4-8-23)1-2-22-5-9-24(10-6-22)19-33-12-15-38-16-13-33/h3-10,20,25,34,36H,11-19H2,(H,30,35)(H,31,32,37). The van der Waals surface area contributed by atoms with Crippen molar-refractivity contribution in [3.05, 3.63) is 93.2 Å². The molecule has 9 nitrogen and oxygen atoms in total. The molecule has 2 heterocycles. The number of hydrogen-bond donors (Lipinski definition) is 4. The number of aliphatic hydroxyl groups is 1. The van der Waals surface area contributed by atoms with E-state index >= 15 is 0 Å². The zero-order chi connectivity index (χ0) is 26.7. The van der Waals surface area contributed by atoms with Gasteiger partial charge in [0.25, 0.3) is 5.56 Å². The Morgan fingerprint density at radius 2 is 1.68 bits per heavy atom. The van der Waals surface area contributed by atoms with E-state index in [1.165, 1.54) is 11.9 Å². The van der Waals surface area contributed by atoms with Gasteiger partial charge >= 0.3 is 0 Å². The molecule has 1 unspecified atom stereocenters. The van der Waals surface area contributed by atoms with Crippen LogP contribution in [-0.4, -0.2) is 70.4 Å². The van der Waals surface area contributed by atoms with Gasteiger partial charge in [-0.3, -0.25) is 14.5 Å². The van der Waals surface area contributed by atoms with Crippen molar-refractivity contribution in [2.24, 2.45) is 0 Å². The molecule has 0 saturated carbocycles. The number of morpholine rings is 1. The van der Waals surface area contributed by atoms with Crippen molar-refractivity contribution in [3.8, 4) is 17.6 Å². The number of amides is 1. The number of aliphatic hydroxyl groups excluding tert-OH is 1. The summed E-state index contributed by atoms with van der Waals surface area (Å²) < 4.78 is 5.41. The number of rotatable bonds is 9. The van der Waals surface area contributed by atoms with Crippen LogP contribution in [0, 0.1) is 11.8 Å². The predicted octanol–water partition coefficient (Wildman–Crippen LogP) is 1.53. The van der Waals surface area contributed by atoms with Crippen molar-refractivity contribution in [2.45, 2.75) is 25.3 Å². The summed E-state index contributed by atoms with van der Waals surface area (Å²) in [7, 11) is 0. The van der Waals surface area contributed by atoms with Crippen LogP contribution < -0.4 is 10.9 Å². The number of nitrogens with zero attached hydrogens (tertiary/aromatic N) is 2. The molecule has 4 N–H and O–H groups in total. The van der Waals surface area contributed by atoms with E-state index in [2.05, 4.69) is 44.2 Å². The highest BCUT2D eigenvalue weighted by Crippen LogP contribution is 2.24. The number of aromatic hydroxyl groups is 1. The molecule has 1 fully saturated rings. The molecular formula is C29H32N4O5. The molecule has 3 aromatic rings. The number of carbonyl (C=O) groups excluding carboxylic acids is 1. The zero-order valence-corrected chi connectivity index (χ0v) is 21.2. The first kappa shape index (κ1) is 27.1. The van der Waals surface area contributed by atoms with E-state index in [-0.39, 0.29) is 31.2 Å². The second-order valence-electron chi connectivity index (χ2n) is 9.18. The molecule has 0 aliphatic carbocycles. The minimum Gasteiger partial charge on any atom is -0.502 e. The number of benzene rings is 2. The van der Waals surface area contributed by atoms with E-state index in [1.807, 2.05) is 36.4 Å². The Balaban J connectivity index is 1.40. The number of nitrogens with one attached hydrogen (secondary N) is 2. The fourth-order valence-corrected chi connectivity index (χ4v) is 4.26. The molecule has 1 aliphatic rings. The molecule has 1 atom stereocenters. The van der Waals surface area contributed by atoms with E-state index < -0.39 is 17.2 Å². The monoisotopic (exact) mass is 516 g/mol. The number of hydrogen-bond acceptors (Lipinski definition) is 7. The van der Waals surface area contributed by atoms with Gasteiger partial charge < -0.3 is 25.3 Å². The Hall–Kier alpha value is -3.97. The van der Waals surface area contributed by atoms with Crippen molar-refractivity contribution in [1.82, 2.24) is 20.2 Å². The summed E-state index contributed by atoms with van der Waals surface area (Å²) >= 11 is 0. The molecule has 1 aromatic heterocycles. The number of aromatic amines is 1. The van der Waals surface area contributed by atoms with Crippen molar-refractivity contribution in [3.63, 3.8) is 0 Å². The van der Waals surface area contributed by atoms with E-state index in [1.54, 1.807) is 0 Å². The Labute approximate surface area is 221 Å². The van der Waals surface area contributed by atoms with Crippen molar-refractivity contribution < 1.29 is 19.7 Å². The lowest BCUT2D eigenvalue weighted by Gasteiger charge is -2.26. The maximum atomic E-state index is 11.9. The van der Waals surface area contributed by atoms with Gasteiger partial charge in [-0.15, -0.1) is 0 Å². The van der Waals surface area contributed by atoms with Crippen LogP contribution >= 0.6 is 0 Å². The number of H-pyrrole nitrogens is 1. The first-order valence-electron chi connectivity index (χ1n) is 12.7. The molecule has 4 rings (SSSR count). The zero-order valence-electron chi connectivity index (χ0n) is 21.2. The Morgan fingerprint density at radius 3 is 2.32 bits per heavy atom. The molecule has 0 bridgehead atoms. The van der Waals surface area contributed by atoms with E-state index in [9.17, 15) is 14.7 Å². The minimum absolute atomic E-state index is 0.0224. The summed E-state index contributed by atoms with van der Waals surface area (Å²) in [4.78, 5) is 32.6. The van der Waals surface area contributed by atoms with Gasteiger partial charge in [0.15, 0.2) is 0 Å². The molecule has 1 amide bonds. The molecule has 198 valence electrons. The molecule has 0 spiro atoms. The Kier molecular flexibility index (Phi) is 9.65. The van der Waals surface area contributed by atoms with Gasteiger partial charge in [0.1, 0.15) is 0 Å². The van der Waals surface area contributed by atoms with Gasteiger partial charge in [-0.1, -0.05) is 36.1 Å². The molecule has 1 aliphatic heterocycles. The minimum atomic E-state index is -0.638. The fraction of sp³-hybridized carbons (Fsp3) is 0.345. The van der Waals surface area contributed by atoms with Crippen molar-refractivity contribution in [2.75, 3.05) is 39.5 Å². The first-order valence-corrected chi connectivity index (χ1v) is 12.7. The van der Waals surface area contributed by atoms with Gasteiger partial charge in [-0.05, 0) is 41.8 Å². The predicted molar refractivity (Wildman–Crippen MR) is 143 cm³/mol. The van der Waals surface area contributed by atoms with Crippen molar-refractivity contribution >= 4 is 5.91 Å². The lowest BCUT2D eigenvalue weighted by molar-refractivity contribution is -0.121. The van der Waals surface area contributed by atoms with Gasteiger partial charge in [0.05, 0.1) is 31.8 Å². The summed E-state index contributed by atoms with van der Waals surface area (Å²) in [6, 6.07) is 16.0. The highest BCUT2D eigenvalue weighted by molar-refractivity contribution is 5.76. The first-order chi connectivity index (χ1) is 18.5. The highest BCUT2D eigenvalue weighted by Gasteiger charge is 2.20. The third-order valence-electron chi connectivity index (χ3n) is 6.38. The van der Waals surface area contributed by atoms with Crippen LogP contribution in [0.2, 0.25) is 0 Å². The molecule has 0 radical (unpaired) electrons. The normalized spacial score (nSPS) is 14.3. The van der Waals surface area contributed by atoms with Crippen LogP contribution in [-0.2, 0) is 22.5 Å². The van der Waals surface area contributed by atoms with Gasteiger partial charge in [-0.2, -0.15) is 0 Å². The van der Waals surface area contributed by atoms with Crippen LogP contribution in [0.3, 0.4) is 0 Å². The van der Waals surface area contributed by atoms with Crippen LogP contribution in [0.4, 0.5) is 0 Å². The van der Waals surface area contributed by atoms with Crippen LogP contribution in [0.25, 0.3) is 0 Å². The Morgan fingerprint density at radius 1 is 1.05 bits per heavy atom. The third-order valence-corrected chi connectivity index (χ3v) is 6.38. The number of carbonyl (C=O) groups is 1. The summed E-state index contributed by atoms with van der Waals surface area (Å²) in [5.41, 5.74) is 3.56. The SMILES string of the molecule is O=C(CCO)NCC(Cc1ccc(C#Cc2ccc(CN3CCOCC3)cc2)cc1)c1nc[nH]c(=O)c1O. The van der Waals surface area contributed by atoms with Crippen LogP contribution in [0.1, 0.15) is 40.3 Å². The molecule has 38 heavy (non-hydrogen) atoms. The molecule has 9 heteroatoms. The van der Waals surface area contributed by atoms with E-state index in [0.717, 1.165) is 49.5 Å². The summed E-state index contributed by atoms with van der Waals surface area (Å²) in [6.45, 7) is 4.30. The highest BCUT2D eigenvalue weighted by atomic mass is 16.5. The van der Waals surface area contributed by atoms with E-state index in [4.69, 9.17) is 9.84 Å². The summed E-state index contributed by atoms with van der Waals surface area (Å²) in [5, 5.41) is 22.0. The van der Waals surface area contributed by atoms with E-state index in [0.29, 0.717) is 6.42 Å². The average molecular weight is 517 g/mol. The fourth-order valence-electron chi connectivity index (χ4n) is 4.26. The van der Waals surface area contributed by atoms with Gasteiger partial charge in [0.2, 0.25) is 11.7 Å². The molecule has 2 aromatic carbocycles. The van der Waals surface area contributed by atoms with Crippen LogP contribution in [0.5, 0.6) is 5.75 Å². The summed E-state index contributed by atoms with van der Waals surface area (Å²) in [6.07, 6.45) is 1.64. The molecule has 1 saturated heterocycles. The second kappa shape index (κ2) is 13.5. The second-order valence-corrected chi connectivity index (χ2v) is 9.18. The lowest BCUT2D eigenvalue weighted by Crippen LogP contribution is -2.35. The topological polar surface area (TPSA) is 128 Å². The van der Waals surface area contributed by atoms with Crippen molar-refractivity contribution in [1.29, 1.82) is 0 Å². The maximum absolute atomic E-state index is 11.9. The average Bonchev–Trinajstić information content (AvgIpc) is 2.94.